The van der Waals surface area contributed by atoms with Crippen molar-refractivity contribution in [2.45, 2.75) is 13.5 Å². The van der Waals surface area contributed by atoms with Crippen molar-refractivity contribution in [3.63, 3.8) is 0 Å². The summed E-state index contributed by atoms with van der Waals surface area (Å²) < 4.78 is 3.74. The summed E-state index contributed by atoms with van der Waals surface area (Å²) in [6, 6.07) is 6.15. The lowest BCUT2D eigenvalue weighted by molar-refractivity contribution is -0.384. The van der Waals surface area contributed by atoms with E-state index in [1.54, 1.807) is 40.9 Å². The maximum atomic E-state index is 12.3. The number of amides is 1. The highest BCUT2D eigenvalue weighted by molar-refractivity contribution is 9.10. The minimum absolute atomic E-state index is 0.0205. The molecule has 3 aromatic rings. The van der Waals surface area contributed by atoms with Crippen molar-refractivity contribution in [3.05, 3.63) is 73.8 Å². The number of nitrogens with zero attached hydrogens (tertiary/aromatic N) is 6. The SMILES string of the molecule is Cc1nn(C)cc1/C=N/NC(=O)c1nn(Cc2ccc([N+](=O)[O-])cc2)cc1Br. The topological polar surface area (TPSA) is 120 Å². The molecule has 1 N–H and O–H groups in total. The van der Waals surface area contributed by atoms with Gasteiger partial charge in [-0.1, -0.05) is 12.1 Å². The Labute approximate surface area is 168 Å². The summed E-state index contributed by atoms with van der Waals surface area (Å²) in [5.74, 6) is -0.466. The zero-order valence-electron chi connectivity index (χ0n) is 15.0. The van der Waals surface area contributed by atoms with E-state index in [1.165, 1.54) is 18.3 Å². The summed E-state index contributed by atoms with van der Waals surface area (Å²) in [5, 5.41) is 23.1. The van der Waals surface area contributed by atoms with Gasteiger partial charge in [0.15, 0.2) is 5.69 Å². The van der Waals surface area contributed by atoms with E-state index in [2.05, 4.69) is 36.7 Å². The van der Waals surface area contributed by atoms with Crippen LogP contribution in [0, 0.1) is 17.0 Å². The van der Waals surface area contributed by atoms with Crippen LogP contribution < -0.4 is 5.43 Å². The smallest absolute Gasteiger partial charge is 0.275 e. The molecule has 1 amide bonds. The van der Waals surface area contributed by atoms with Crippen molar-refractivity contribution >= 4 is 33.7 Å². The number of hydrogen-bond acceptors (Lipinski definition) is 6. The second-order valence-electron chi connectivity index (χ2n) is 5.99. The number of carbonyl (C=O) groups excluding carboxylic acids is 1. The van der Waals surface area contributed by atoms with Gasteiger partial charge in [-0.15, -0.1) is 0 Å². The second kappa shape index (κ2) is 8.13. The predicted octanol–water partition coefficient (Wildman–Crippen LogP) is 2.41. The van der Waals surface area contributed by atoms with Gasteiger partial charge in [-0.25, -0.2) is 5.43 Å². The largest absolute Gasteiger partial charge is 0.293 e. The minimum atomic E-state index is -0.466. The van der Waals surface area contributed by atoms with Gasteiger partial charge in [0.1, 0.15) is 0 Å². The summed E-state index contributed by atoms with van der Waals surface area (Å²) in [6.45, 7) is 2.21. The van der Waals surface area contributed by atoms with Gasteiger partial charge in [-0.2, -0.15) is 15.3 Å². The summed E-state index contributed by atoms with van der Waals surface area (Å²) in [5.41, 5.74) is 5.05. The van der Waals surface area contributed by atoms with E-state index >= 15 is 0 Å². The first-order valence-corrected chi connectivity index (χ1v) is 8.92. The van der Waals surface area contributed by atoms with Gasteiger partial charge in [-0.3, -0.25) is 24.3 Å². The van der Waals surface area contributed by atoms with Crippen LogP contribution in [0.4, 0.5) is 5.69 Å². The Bertz CT molecular complexity index is 1050. The number of aryl methyl sites for hydroxylation is 2. The normalized spacial score (nSPS) is 11.1. The summed E-state index contributed by atoms with van der Waals surface area (Å²) in [7, 11) is 1.80. The van der Waals surface area contributed by atoms with E-state index < -0.39 is 10.8 Å². The zero-order chi connectivity index (χ0) is 20.3. The highest BCUT2D eigenvalue weighted by Crippen LogP contribution is 2.17. The number of nitro groups is 1. The molecule has 0 aliphatic rings. The van der Waals surface area contributed by atoms with Crippen molar-refractivity contribution in [2.75, 3.05) is 0 Å². The Morgan fingerprint density at radius 3 is 2.64 bits per heavy atom. The Hall–Kier alpha value is -3.34. The molecule has 3 rings (SSSR count). The predicted molar refractivity (Wildman–Crippen MR) is 105 cm³/mol. The van der Waals surface area contributed by atoms with Gasteiger partial charge in [-0.05, 0) is 28.4 Å². The number of rotatable bonds is 6. The number of hydrogen-bond donors (Lipinski definition) is 1. The monoisotopic (exact) mass is 445 g/mol. The van der Waals surface area contributed by atoms with Gasteiger partial charge < -0.3 is 0 Å². The van der Waals surface area contributed by atoms with Crippen LogP contribution in [0.25, 0.3) is 0 Å². The van der Waals surface area contributed by atoms with Crippen LogP contribution in [0.1, 0.15) is 27.3 Å². The first-order chi connectivity index (χ1) is 13.3. The van der Waals surface area contributed by atoms with Crippen molar-refractivity contribution in [3.8, 4) is 0 Å². The third-order valence-electron chi connectivity index (χ3n) is 3.85. The molecule has 0 radical (unpaired) electrons. The number of carbonyl (C=O) groups is 1. The fourth-order valence-electron chi connectivity index (χ4n) is 2.50. The van der Waals surface area contributed by atoms with Gasteiger partial charge in [0, 0.05) is 37.1 Å². The quantitative estimate of drug-likeness (QED) is 0.354. The molecule has 0 atom stereocenters. The van der Waals surface area contributed by atoms with Crippen LogP contribution in [0.5, 0.6) is 0 Å². The van der Waals surface area contributed by atoms with Crippen LogP contribution in [-0.2, 0) is 13.6 Å². The first kappa shape index (κ1) is 19.4. The van der Waals surface area contributed by atoms with E-state index in [0.717, 1.165) is 16.8 Å². The molecule has 0 saturated carbocycles. The molecule has 0 spiro atoms. The number of nitro benzene ring substituents is 1. The maximum absolute atomic E-state index is 12.3. The fourth-order valence-corrected chi connectivity index (χ4v) is 3.00. The molecule has 1 aromatic carbocycles. The average molecular weight is 446 g/mol. The Morgan fingerprint density at radius 1 is 1.32 bits per heavy atom. The lowest BCUT2D eigenvalue weighted by Crippen LogP contribution is -2.19. The highest BCUT2D eigenvalue weighted by Gasteiger charge is 2.15. The molecular weight excluding hydrogens is 430 g/mol. The Morgan fingerprint density at radius 2 is 2.04 bits per heavy atom. The maximum Gasteiger partial charge on any atom is 0.293 e. The molecule has 144 valence electrons. The molecule has 11 heteroatoms. The van der Waals surface area contributed by atoms with Crippen molar-refractivity contribution in [1.82, 2.24) is 25.0 Å². The van der Waals surface area contributed by atoms with Crippen molar-refractivity contribution < 1.29 is 9.72 Å². The molecule has 10 nitrogen and oxygen atoms in total. The van der Waals surface area contributed by atoms with E-state index in [4.69, 9.17) is 0 Å². The van der Waals surface area contributed by atoms with Crippen LogP contribution >= 0.6 is 15.9 Å². The fraction of sp³-hybridized carbons (Fsp3) is 0.176. The molecule has 0 unspecified atom stereocenters. The molecule has 0 aliphatic carbocycles. The minimum Gasteiger partial charge on any atom is -0.275 e. The third-order valence-corrected chi connectivity index (χ3v) is 4.43. The Balaban J connectivity index is 1.66. The molecule has 0 bridgehead atoms. The van der Waals surface area contributed by atoms with Gasteiger partial charge >= 0.3 is 0 Å². The number of aromatic nitrogens is 4. The van der Waals surface area contributed by atoms with Crippen molar-refractivity contribution in [1.29, 1.82) is 0 Å². The van der Waals surface area contributed by atoms with E-state index in [-0.39, 0.29) is 11.4 Å². The molecule has 28 heavy (non-hydrogen) atoms. The molecule has 0 aliphatic heterocycles. The zero-order valence-corrected chi connectivity index (χ0v) is 16.6. The number of benzene rings is 1. The number of halogens is 1. The summed E-state index contributed by atoms with van der Waals surface area (Å²) in [6.07, 6.45) is 4.97. The third kappa shape index (κ3) is 4.49. The lowest BCUT2D eigenvalue weighted by atomic mass is 10.2. The van der Waals surface area contributed by atoms with Crippen LogP contribution in [-0.4, -0.2) is 36.6 Å². The molecule has 0 fully saturated rings. The van der Waals surface area contributed by atoms with E-state index in [0.29, 0.717) is 11.0 Å². The average Bonchev–Trinajstić information content (AvgIpc) is 3.16. The van der Waals surface area contributed by atoms with Crippen molar-refractivity contribution in [2.24, 2.45) is 12.1 Å². The molecular formula is C17H16BrN7O3. The lowest BCUT2D eigenvalue weighted by Gasteiger charge is -2.01. The molecule has 2 heterocycles. The van der Waals surface area contributed by atoms with Gasteiger partial charge in [0.2, 0.25) is 0 Å². The van der Waals surface area contributed by atoms with E-state index in [9.17, 15) is 14.9 Å². The number of non-ortho nitro benzene ring substituents is 1. The second-order valence-corrected chi connectivity index (χ2v) is 6.84. The first-order valence-electron chi connectivity index (χ1n) is 8.13. The molecule has 2 aromatic heterocycles. The van der Waals surface area contributed by atoms with Gasteiger partial charge in [0.05, 0.1) is 27.8 Å². The summed E-state index contributed by atoms with van der Waals surface area (Å²) in [4.78, 5) is 22.6. The number of nitrogens with one attached hydrogen (secondary N) is 1. The highest BCUT2D eigenvalue weighted by atomic mass is 79.9. The van der Waals surface area contributed by atoms with Crippen LogP contribution in [0.2, 0.25) is 0 Å². The number of hydrazone groups is 1. The molecule has 0 saturated heterocycles. The summed E-state index contributed by atoms with van der Waals surface area (Å²) >= 11 is 3.31. The van der Waals surface area contributed by atoms with Gasteiger partial charge in [0.25, 0.3) is 11.6 Å². The van der Waals surface area contributed by atoms with E-state index in [1.807, 2.05) is 6.92 Å². The van der Waals surface area contributed by atoms with Crippen LogP contribution in [0.3, 0.4) is 0 Å². The van der Waals surface area contributed by atoms with Crippen LogP contribution in [0.15, 0.2) is 46.2 Å². The standard InChI is InChI=1S/C17H16BrN7O3/c1-11-13(9-23(2)21-11)7-19-20-17(26)16-15(18)10-24(22-16)8-12-3-5-14(6-4-12)25(27)28/h3-7,9-10H,8H2,1-2H3,(H,20,26)/b19-7+. The Kier molecular flexibility index (Phi) is 5.64.